The fraction of sp³-hybridized carbons (Fsp3) is 0.571. The second kappa shape index (κ2) is 6.50. The molecule has 0 spiro atoms. The predicted octanol–water partition coefficient (Wildman–Crippen LogP) is 1.20. The molecule has 2 N–H and O–H groups in total. The van der Waals surface area contributed by atoms with Crippen LogP contribution in [0.5, 0.6) is 0 Å². The van der Waals surface area contributed by atoms with Crippen LogP contribution < -0.4 is 5.73 Å². The van der Waals surface area contributed by atoms with Crippen LogP contribution in [0.2, 0.25) is 0 Å². The molecule has 0 aliphatic carbocycles. The smallest absolute Gasteiger partial charge is 0.151 e. The molecule has 1 aromatic rings. The van der Waals surface area contributed by atoms with Gasteiger partial charge in [-0.3, -0.25) is 4.90 Å². The summed E-state index contributed by atoms with van der Waals surface area (Å²) in [6.45, 7) is 2.06. The predicted molar refractivity (Wildman–Crippen MR) is 77.7 cm³/mol. The average molecular weight is 282 g/mol. The lowest BCUT2D eigenvalue weighted by Crippen LogP contribution is -2.33. The van der Waals surface area contributed by atoms with Gasteiger partial charge in [0, 0.05) is 12.6 Å². The molecule has 0 amide bonds. The van der Waals surface area contributed by atoms with Gasteiger partial charge in [0.1, 0.15) is 0 Å². The Balaban J connectivity index is 2.15. The van der Waals surface area contributed by atoms with Crippen LogP contribution in [-0.2, 0) is 9.84 Å². The number of hydrogen-bond acceptors (Lipinski definition) is 4. The minimum Gasteiger partial charge on any atom is -0.330 e. The third-order valence-electron chi connectivity index (χ3n) is 3.66. The largest absolute Gasteiger partial charge is 0.330 e. The van der Waals surface area contributed by atoms with Gasteiger partial charge in [-0.1, -0.05) is 30.3 Å². The normalized spacial score (nSPS) is 21.7. The molecule has 1 fully saturated rings. The highest BCUT2D eigenvalue weighted by Gasteiger charge is 2.25. The third-order valence-corrected chi connectivity index (χ3v) is 5.37. The van der Waals surface area contributed by atoms with Crippen molar-refractivity contribution in [1.29, 1.82) is 0 Å². The van der Waals surface area contributed by atoms with Gasteiger partial charge in [-0.25, -0.2) is 8.42 Å². The second-order valence-electron chi connectivity index (χ2n) is 5.05. The van der Waals surface area contributed by atoms with Gasteiger partial charge in [-0.15, -0.1) is 0 Å². The summed E-state index contributed by atoms with van der Waals surface area (Å²) < 4.78 is 23.4. The summed E-state index contributed by atoms with van der Waals surface area (Å²) in [5.74, 6) is 0.578. The Kier molecular flexibility index (Phi) is 4.96. The Morgan fingerprint density at radius 2 is 1.89 bits per heavy atom. The standard InChI is InChI=1S/C14H22N2O2S/c15-8-7-14(13-5-2-1-3-6-13)16-9-4-11-19(17,18)12-10-16/h1-3,5-6,14H,4,7-12,15H2. The van der Waals surface area contributed by atoms with E-state index < -0.39 is 9.84 Å². The summed E-state index contributed by atoms with van der Waals surface area (Å²) in [6.07, 6.45) is 1.58. The van der Waals surface area contributed by atoms with Crippen LogP contribution in [0.15, 0.2) is 30.3 Å². The molecule has 1 atom stereocenters. The van der Waals surface area contributed by atoms with E-state index in [1.807, 2.05) is 18.2 Å². The summed E-state index contributed by atoms with van der Waals surface area (Å²) in [4.78, 5) is 2.27. The molecular weight excluding hydrogens is 260 g/mol. The van der Waals surface area contributed by atoms with Crippen molar-refractivity contribution >= 4 is 9.84 Å². The van der Waals surface area contributed by atoms with E-state index in [1.165, 1.54) is 5.56 Å². The Morgan fingerprint density at radius 3 is 2.58 bits per heavy atom. The molecule has 5 heteroatoms. The van der Waals surface area contributed by atoms with E-state index in [1.54, 1.807) is 0 Å². The van der Waals surface area contributed by atoms with E-state index in [9.17, 15) is 8.42 Å². The Hall–Kier alpha value is -0.910. The number of nitrogens with zero attached hydrogens (tertiary/aromatic N) is 1. The van der Waals surface area contributed by atoms with Crippen molar-refractivity contribution in [2.75, 3.05) is 31.1 Å². The first-order valence-corrected chi connectivity index (χ1v) is 8.64. The molecule has 1 aromatic carbocycles. The van der Waals surface area contributed by atoms with Gasteiger partial charge in [0.15, 0.2) is 9.84 Å². The van der Waals surface area contributed by atoms with Crippen LogP contribution in [0.4, 0.5) is 0 Å². The molecule has 0 bridgehead atoms. The van der Waals surface area contributed by atoms with Crippen molar-refractivity contribution in [3.8, 4) is 0 Å². The Labute approximate surface area is 115 Å². The lowest BCUT2D eigenvalue weighted by atomic mass is 10.0. The lowest BCUT2D eigenvalue weighted by Gasteiger charge is -2.30. The molecule has 19 heavy (non-hydrogen) atoms. The molecule has 106 valence electrons. The first-order chi connectivity index (χ1) is 9.12. The molecule has 0 saturated carbocycles. The van der Waals surface area contributed by atoms with Gasteiger partial charge in [0.25, 0.3) is 0 Å². The van der Waals surface area contributed by atoms with Crippen molar-refractivity contribution in [1.82, 2.24) is 4.90 Å². The summed E-state index contributed by atoms with van der Waals surface area (Å²) in [6, 6.07) is 10.5. The summed E-state index contributed by atoms with van der Waals surface area (Å²) in [5.41, 5.74) is 6.95. The number of hydrogen-bond donors (Lipinski definition) is 1. The first-order valence-electron chi connectivity index (χ1n) is 6.82. The number of sulfone groups is 1. The maximum Gasteiger partial charge on any atom is 0.151 e. The van der Waals surface area contributed by atoms with Crippen LogP contribution in [0, 0.1) is 0 Å². The monoisotopic (exact) mass is 282 g/mol. The van der Waals surface area contributed by atoms with E-state index in [4.69, 9.17) is 5.73 Å². The highest BCUT2D eigenvalue weighted by molar-refractivity contribution is 7.91. The fourth-order valence-electron chi connectivity index (χ4n) is 2.66. The van der Waals surface area contributed by atoms with E-state index in [-0.39, 0.29) is 11.8 Å². The second-order valence-corrected chi connectivity index (χ2v) is 7.35. The molecule has 2 rings (SSSR count). The van der Waals surface area contributed by atoms with Crippen molar-refractivity contribution in [3.63, 3.8) is 0 Å². The topological polar surface area (TPSA) is 63.4 Å². The maximum atomic E-state index is 11.7. The minimum atomic E-state index is -2.86. The van der Waals surface area contributed by atoms with E-state index in [0.29, 0.717) is 18.8 Å². The van der Waals surface area contributed by atoms with Gasteiger partial charge < -0.3 is 5.73 Å². The van der Waals surface area contributed by atoms with Crippen molar-refractivity contribution < 1.29 is 8.42 Å². The zero-order valence-electron chi connectivity index (χ0n) is 11.2. The van der Waals surface area contributed by atoms with Gasteiger partial charge >= 0.3 is 0 Å². The summed E-state index contributed by atoms with van der Waals surface area (Å²) in [5, 5.41) is 0. The molecule has 4 nitrogen and oxygen atoms in total. The van der Waals surface area contributed by atoms with Gasteiger partial charge in [0.05, 0.1) is 11.5 Å². The van der Waals surface area contributed by atoms with Crippen LogP contribution in [0.1, 0.15) is 24.4 Å². The Bertz CT molecular complexity index is 487. The highest BCUT2D eigenvalue weighted by Crippen LogP contribution is 2.25. The van der Waals surface area contributed by atoms with Crippen molar-refractivity contribution in [2.24, 2.45) is 5.73 Å². The van der Waals surface area contributed by atoms with Gasteiger partial charge in [0.2, 0.25) is 0 Å². The van der Waals surface area contributed by atoms with Gasteiger partial charge in [-0.2, -0.15) is 0 Å². The minimum absolute atomic E-state index is 0.236. The van der Waals surface area contributed by atoms with Crippen molar-refractivity contribution in [2.45, 2.75) is 18.9 Å². The van der Waals surface area contributed by atoms with E-state index in [0.717, 1.165) is 19.4 Å². The third kappa shape index (κ3) is 4.03. The summed E-state index contributed by atoms with van der Waals surface area (Å²) >= 11 is 0. The SMILES string of the molecule is NCCC(c1ccccc1)N1CCCS(=O)(=O)CC1. The van der Waals surface area contributed by atoms with E-state index >= 15 is 0 Å². The zero-order valence-corrected chi connectivity index (χ0v) is 12.0. The molecule has 1 saturated heterocycles. The van der Waals surface area contributed by atoms with E-state index in [2.05, 4.69) is 17.0 Å². The maximum absolute atomic E-state index is 11.7. The quantitative estimate of drug-likeness (QED) is 0.901. The van der Waals surface area contributed by atoms with Crippen LogP contribution in [0.3, 0.4) is 0 Å². The first kappa shape index (κ1) is 14.5. The van der Waals surface area contributed by atoms with Gasteiger partial charge in [-0.05, 0) is 31.5 Å². The van der Waals surface area contributed by atoms with Crippen LogP contribution in [0.25, 0.3) is 0 Å². The molecule has 1 aliphatic rings. The number of rotatable bonds is 4. The highest BCUT2D eigenvalue weighted by atomic mass is 32.2. The van der Waals surface area contributed by atoms with Crippen LogP contribution >= 0.6 is 0 Å². The number of benzene rings is 1. The molecule has 1 unspecified atom stereocenters. The molecule has 0 aromatic heterocycles. The van der Waals surface area contributed by atoms with Crippen LogP contribution in [-0.4, -0.2) is 44.5 Å². The van der Waals surface area contributed by atoms with Crippen molar-refractivity contribution in [3.05, 3.63) is 35.9 Å². The molecular formula is C14H22N2O2S. The molecule has 0 radical (unpaired) electrons. The fourth-order valence-corrected chi connectivity index (χ4v) is 3.95. The molecule has 1 heterocycles. The average Bonchev–Trinajstić information content (AvgIpc) is 2.58. The Morgan fingerprint density at radius 1 is 1.16 bits per heavy atom. The molecule has 1 aliphatic heterocycles. The summed E-state index contributed by atoms with van der Waals surface area (Å²) in [7, 11) is -2.86. The lowest BCUT2D eigenvalue weighted by molar-refractivity contribution is 0.204. The zero-order chi connectivity index (χ0) is 13.7. The number of nitrogens with two attached hydrogens (primary N) is 1.